The molecule has 1 aromatic rings. The Kier molecular flexibility index (Phi) is 3.70. The Morgan fingerprint density at radius 2 is 2.10 bits per heavy atom. The summed E-state index contributed by atoms with van der Waals surface area (Å²) in [6.07, 6.45) is 2.32. The van der Waals surface area contributed by atoms with Crippen LogP contribution in [0.2, 0.25) is 0 Å². The number of benzene rings is 1. The van der Waals surface area contributed by atoms with Crippen LogP contribution in [0, 0.1) is 5.92 Å². The molecule has 1 aromatic carbocycles. The predicted molar refractivity (Wildman–Crippen MR) is 80.6 cm³/mol. The van der Waals surface area contributed by atoms with E-state index in [4.69, 9.17) is 0 Å². The maximum absolute atomic E-state index is 12.4. The summed E-state index contributed by atoms with van der Waals surface area (Å²) in [4.78, 5) is 26.1. The van der Waals surface area contributed by atoms with Gasteiger partial charge >= 0.3 is 0 Å². The highest BCUT2D eigenvalue weighted by Gasteiger charge is 2.36. The molecule has 1 saturated heterocycles. The zero-order valence-corrected chi connectivity index (χ0v) is 12.6. The van der Waals surface area contributed by atoms with Crippen LogP contribution in [0.3, 0.4) is 0 Å². The quantitative estimate of drug-likeness (QED) is 0.924. The highest BCUT2D eigenvalue weighted by atomic mass is 16.2. The monoisotopic (exact) mass is 286 g/mol. The summed E-state index contributed by atoms with van der Waals surface area (Å²) in [5.41, 5.74) is 2.56. The lowest BCUT2D eigenvalue weighted by Crippen LogP contribution is -2.36. The molecule has 1 fully saturated rings. The number of aryl methyl sites for hydroxylation is 1. The molecule has 2 atom stereocenters. The third kappa shape index (κ3) is 2.67. The average molecular weight is 286 g/mol. The van der Waals surface area contributed by atoms with E-state index >= 15 is 0 Å². The average Bonchev–Trinajstić information content (AvgIpc) is 3.03. The zero-order chi connectivity index (χ0) is 15.0. The van der Waals surface area contributed by atoms with Crippen molar-refractivity contribution in [3.8, 4) is 0 Å². The lowest BCUT2D eigenvalue weighted by Gasteiger charge is -2.21. The second kappa shape index (κ2) is 5.51. The van der Waals surface area contributed by atoms with Crippen LogP contribution in [0.15, 0.2) is 24.3 Å². The maximum Gasteiger partial charge on any atom is 0.225 e. The molecular weight excluding hydrogens is 264 g/mol. The smallest absolute Gasteiger partial charge is 0.225 e. The minimum atomic E-state index is -0.201. The fourth-order valence-electron chi connectivity index (χ4n) is 3.40. The molecule has 21 heavy (non-hydrogen) atoms. The third-order valence-electron chi connectivity index (χ3n) is 4.60. The van der Waals surface area contributed by atoms with E-state index in [2.05, 4.69) is 17.4 Å². The van der Waals surface area contributed by atoms with Crippen LogP contribution in [-0.2, 0) is 16.0 Å². The Morgan fingerprint density at radius 1 is 1.33 bits per heavy atom. The first-order valence-electron chi connectivity index (χ1n) is 7.74. The number of amides is 2. The summed E-state index contributed by atoms with van der Waals surface area (Å²) in [6.45, 7) is 4.54. The molecule has 0 aromatic heterocycles. The van der Waals surface area contributed by atoms with Crippen molar-refractivity contribution in [1.82, 2.24) is 10.2 Å². The Balaban J connectivity index is 1.65. The predicted octanol–water partition coefficient (Wildman–Crippen LogP) is 2.05. The molecule has 112 valence electrons. The molecule has 1 aliphatic carbocycles. The summed E-state index contributed by atoms with van der Waals surface area (Å²) in [6, 6.07) is 8.55. The highest BCUT2D eigenvalue weighted by molar-refractivity contribution is 5.89. The lowest BCUT2D eigenvalue weighted by atomic mass is 10.1. The second-order valence-corrected chi connectivity index (χ2v) is 6.34. The summed E-state index contributed by atoms with van der Waals surface area (Å²) in [5.74, 6) is -0.0853. The molecule has 0 bridgehead atoms. The fraction of sp³-hybridized carbons (Fsp3) is 0.529. The summed E-state index contributed by atoms with van der Waals surface area (Å²) < 4.78 is 0. The number of rotatable bonds is 3. The van der Waals surface area contributed by atoms with Gasteiger partial charge in [-0.15, -0.1) is 0 Å². The topological polar surface area (TPSA) is 49.4 Å². The van der Waals surface area contributed by atoms with Crippen LogP contribution in [-0.4, -0.2) is 29.3 Å². The van der Waals surface area contributed by atoms with Crippen LogP contribution >= 0.6 is 0 Å². The number of likely N-dealkylation sites (tertiary alicyclic amines) is 1. The maximum atomic E-state index is 12.4. The van der Waals surface area contributed by atoms with Gasteiger partial charge in [0.1, 0.15) is 0 Å². The summed E-state index contributed by atoms with van der Waals surface area (Å²) >= 11 is 0. The second-order valence-electron chi connectivity index (χ2n) is 6.34. The van der Waals surface area contributed by atoms with Gasteiger partial charge in [0.25, 0.3) is 0 Å². The van der Waals surface area contributed by atoms with E-state index in [0.29, 0.717) is 13.0 Å². The number of nitrogens with zero attached hydrogens (tertiary/aromatic N) is 1. The van der Waals surface area contributed by atoms with Crippen molar-refractivity contribution < 1.29 is 9.59 Å². The van der Waals surface area contributed by atoms with Gasteiger partial charge < -0.3 is 10.2 Å². The van der Waals surface area contributed by atoms with Crippen LogP contribution in [0.5, 0.6) is 0 Å². The van der Waals surface area contributed by atoms with Crippen molar-refractivity contribution >= 4 is 11.8 Å². The van der Waals surface area contributed by atoms with E-state index in [1.807, 2.05) is 26.0 Å². The zero-order valence-electron chi connectivity index (χ0n) is 12.6. The van der Waals surface area contributed by atoms with Crippen molar-refractivity contribution in [2.45, 2.75) is 45.2 Å². The van der Waals surface area contributed by atoms with Gasteiger partial charge in [0, 0.05) is 19.0 Å². The van der Waals surface area contributed by atoms with E-state index in [1.165, 1.54) is 11.1 Å². The standard InChI is InChI=1S/C17H22N2O2/c1-11(2)19-10-13(9-16(19)20)17(21)18-15-8-7-12-5-3-4-6-14(12)15/h3-6,11,13,15H,7-10H2,1-2H3,(H,18,21). The van der Waals surface area contributed by atoms with Crippen LogP contribution in [0.1, 0.15) is 43.9 Å². The largest absolute Gasteiger partial charge is 0.349 e. The molecule has 2 unspecified atom stereocenters. The van der Waals surface area contributed by atoms with E-state index < -0.39 is 0 Å². The third-order valence-corrected chi connectivity index (χ3v) is 4.60. The Labute approximate surface area is 125 Å². The molecular formula is C17H22N2O2. The Hall–Kier alpha value is -1.84. The lowest BCUT2D eigenvalue weighted by molar-refractivity contribution is -0.130. The van der Waals surface area contributed by atoms with Crippen LogP contribution < -0.4 is 5.32 Å². The first kappa shape index (κ1) is 14.1. The van der Waals surface area contributed by atoms with Gasteiger partial charge in [0.05, 0.1) is 12.0 Å². The van der Waals surface area contributed by atoms with Crippen LogP contribution in [0.25, 0.3) is 0 Å². The fourth-order valence-corrected chi connectivity index (χ4v) is 3.40. The molecule has 2 aliphatic rings. The number of carbonyl (C=O) groups is 2. The molecule has 0 radical (unpaired) electrons. The molecule has 2 amide bonds. The number of hydrogen-bond donors (Lipinski definition) is 1. The van der Waals surface area contributed by atoms with Crippen molar-refractivity contribution in [2.24, 2.45) is 5.92 Å². The van der Waals surface area contributed by atoms with Gasteiger partial charge in [-0.1, -0.05) is 24.3 Å². The van der Waals surface area contributed by atoms with Crippen LogP contribution in [0.4, 0.5) is 0 Å². The van der Waals surface area contributed by atoms with Crippen molar-refractivity contribution in [1.29, 1.82) is 0 Å². The van der Waals surface area contributed by atoms with Gasteiger partial charge in [-0.25, -0.2) is 0 Å². The molecule has 1 N–H and O–H groups in total. The Bertz CT molecular complexity index is 568. The minimum Gasteiger partial charge on any atom is -0.349 e. The molecule has 1 aliphatic heterocycles. The van der Waals surface area contributed by atoms with E-state index in [1.54, 1.807) is 4.90 Å². The van der Waals surface area contributed by atoms with Gasteiger partial charge in [0.2, 0.25) is 11.8 Å². The highest BCUT2D eigenvalue weighted by Crippen LogP contribution is 2.31. The van der Waals surface area contributed by atoms with Gasteiger partial charge in [-0.2, -0.15) is 0 Å². The minimum absolute atomic E-state index is 0.0215. The first-order valence-corrected chi connectivity index (χ1v) is 7.74. The van der Waals surface area contributed by atoms with E-state index in [0.717, 1.165) is 12.8 Å². The number of carbonyl (C=O) groups excluding carboxylic acids is 2. The Morgan fingerprint density at radius 3 is 2.81 bits per heavy atom. The molecule has 1 heterocycles. The SMILES string of the molecule is CC(C)N1CC(C(=O)NC2CCc3ccccc32)CC1=O. The molecule has 0 saturated carbocycles. The van der Waals surface area contributed by atoms with Crippen molar-refractivity contribution in [3.05, 3.63) is 35.4 Å². The van der Waals surface area contributed by atoms with Gasteiger partial charge in [0.15, 0.2) is 0 Å². The molecule has 4 nitrogen and oxygen atoms in total. The van der Waals surface area contributed by atoms with E-state index in [9.17, 15) is 9.59 Å². The number of fused-ring (bicyclic) bond motifs is 1. The first-order chi connectivity index (χ1) is 10.1. The number of hydrogen-bond acceptors (Lipinski definition) is 2. The van der Waals surface area contributed by atoms with Gasteiger partial charge in [-0.05, 0) is 37.8 Å². The number of nitrogens with one attached hydrogen (secondary N) is 1. The summed E-state index contributed by atoms with van der Waals surface area (Å²) in [7, 11) is 0. The molecule has 3 rings (SSSR count). The van der Waals surface area contributed by atoms with E-state index in [-0.39, 0.29) is 29.8 Å². The normalized spacial score (nSPS) is 24.5. The van der Waals surface area contributed by atoms with Gasteiger partial charge in [-0.3, -0.25) is 9.59 Å². The summed E-state index contributed by atoms with van der Waals surface area (Å²) in [5, 5.41) is 3.14. The molecule has 4 heteroatoms. The van der Waals surface area contributed by atoms with Crippen molar-refractivity contribution in [3.63, 3.8) is 0 Å². The van der Waals surface area contributed by atoms with Crippen molar-refractivity contribution in [2.75, 3.05) is 6.54 Å². The molecule has 0 spiro atoms.